The molecular formula is C22H19F2N2O2S+. The highest BCUT2D eigenvalue weighted by molar-refractivity contribution is 7.81. The first-order chi connectivity index (χ1) is 13.9. The Labute approximate surface area is 172 Å². The fraction of sp³-hybridized carbons (Fsp3) is 0.0909. The summed E-state index contributed by atoms with van der Waals surface area (Å²) in [4.78, 5) is 0.301. The molecule has 0 spiro atoms. The molecule has 1 aromatic heterocycles. The lowest BCUT2D eigenvalue weighted by Gasteiger charge is -2.11. The number of anilines is 1. The van der Waals surface area contributed by atoms with Crippen LogP contribution in [0.25, 0.3) is 11.5 Å². The molecule has 3 aromatic rings. The van der Waals surface area contributed by atoms with E-state index < -0.39 is 6.61 Å². The summed E-state index contributed by atoms with van der Waals surface area (Å²) in [6, 6.07) is 18.8. The molecule has 4 nitrogen and oxygen atoms in total. The maximum Gasteiger partial charge on any atom is 0.387 e. The quantitative estimate of drug-likeness (QED) is 0.252. The minimum Gasteiger partial charge on any atom is -0.502 e. The van der Waals surface area contributed by atoms with Crippen molar-refractivity contribution in [2.24, 2.45) is 0 Å². The summed E-state index contributed by atoms with van der Waals surface area (Å²) in [6.45, 7) is -0.924. The molecule has 0 bridgehead atoms. The van der Waals surface area contributed by atoms with Gasteiger partial charge in [0.2, 0.25) is 0 Å². The highest BCUT2D eigenvalue weighted by Crippen LogP contribution is 2.22. The molecule has 0 amide bonds. The van der Waals surface area contributed by atoms with Crippen LogP contribution in [0.3, 0.4) is 0 Å². The fourth-order valence-corrected chi connectivity index (χ4v) is 2.97. The van der Waals surface area contributed by atoms with Crippen LogP contribution < -0.4 is 14.6 Å². The number of thiocarbonyl (C=S) groups is 1. The van der Waals surface area contributed by atoms with Crippen LogP contribution in [-0.4, -0.2) is 16.7 Å². The summed E-state index contributed by atoms with van der Waals surface area (Å²) in [5, 5.41) is 14.1. The number of nitrogens with zero attached hydrogens (tertiary/aromatic N) is 1. The van der Waals surface area contributed by atoms with E-state index in [1.165, 1.54) is 24.3 Å². The largest absolute Gasteiger partial charge is 0.502 e. The first kappa shape index (κ1) is 20.4. The van der Waals surface area contributed by atoms with Gasteiger partial charge < -0.3 is 15.2 Å². The van der Waals surface area contributed by atoms with Crippen LogP contribution in [0.1, 0.15) is 11.1 Å². The molecule has 7 heteroatoms. The summed E-state index contributed by atoms with van der Waals surface area (Å²) >= 11 is 5.56. The number of alkyl halides is 2. The molecule has 0 fully saturated rings. The second-order valence-electron chi connectivity index (χ2n) is 6.20. The predicted octanol–water partition coefficient (Wildman–Crippen LogP) is 5.21. The van der Waals surface area contributed by atoms with Gasteiger partial charge in [-0.3, -0.25) is 0 Å². The monoisotopic (exact) mass is 413 g/mol. The summed E-state index contributed by atoms with van der Waals surface area (Å²) in [6.07, 6.45) is 3.51. The number of aliphatic hydroxyl groups excluding tert-OH is 1. The number of aryl methyl sites for hydroxylation is 1. The van der Waals surface area contributed by atoms with E-state index in [2.05, 4.69) is 10.1 Å². The van der Waals surface area contributed by atoms with E-state index in [0.29, 0.717) is 16.2 Å². The summed E-state index contributed by atoms with van der Waals surface area (Å²) in [5.41, 5.74) is 2.65. The molecule has 29 heavy (non-hydrogen) atoms. The Kier molecular flexibility index (Phi) is 6.51. The number of rotatable bonds is 6. The molecule has 0 aliphatic carbocycles. The zero-order valence-corrected chi connectivity index (χ0v) is 16.4. The van der Waals surface area contributed by atoms with Crippen molar-refractivity contribution in [1.82, 2.24) is 0 Å². The molecular weight excluding hydrogens is 394 g/mol. The molecule has 0 saturated heterocycles. The van der Waals surface area contributed by atoms with Crippen molar-refractivity contribution in [2.75, 3.05) is 5.32 Å². The zero-order chi connectivity index (χ0) is 20.8. The van der Waals surface area contributed by atoms with E-state index in [9.17, 15) is 13.9 Å². The maximum atomic E-state index is 12.4. The van der Waals surface area contributed by atoms with E-state index in [1.807, 2.05) is 37.3 Å². The van der Waals surface area contributed by atoms with Gasteiger partial charge in [-0.05, 0) is 43.3 Å². The zero-order valence-electron chi connectivity index (χ0n) is 15.5. The van der Waals surface area contributed by atoms with Crippen molar-refractivity contribution < 1.29 is 23.2 Å². The summed E-state index contributed by atoms with van der Waals surface area (Å²) in [7, 11) is 0. The van der Waals surface area contributed by atoms with Gasteiger partial charge in [0.25, 0.3) is 5.70 Å². The SMILES string of the molecule is Cc1ccc(NC(=S)/C(=C(/O)c2ccc(OC(F)F)cc2)[n+]2ccccc2)cc1. The molecule has 1 heterocycles. The molecule has 2 N–H and O–H groups in total. The van der Waals surface area contributed by atoms with E-state index in [0.717, 1.165) is 11.3 Å². The minimum atomic E-state index is -2.91. The van der Waals surface area contributed by atoms with E-state index in [1.54, 1.807) is 29.1 Å². The topological polar surface area (TPSA) is 45.4 Å². The van der Waals surface area contributed by atoms with Crippen LogP contribution in [0.2, 0.25) is 0 Å². The average Bonchev–Trinajstić information content (AvgIpc) is 2.71. The molecule has 0 atom stereocenters. The van der Waals surface area contributed by atoms with Gasteiger partial charge in [0.15, 0.2) is 23.1 Å². The van der Waals surface area contributed by atoms with Crippen LogP contribution >= 0.6 is 12.2 Å². The second kappa shape index (κ2) is 9.25. The van der Waals surface area contributed by atoms with Crippen molar-refractivity contribution in [1.29, 1.82) is 0 Å². The summed E-state index contributed by atoms with van der Waals surface area (Å²) in [5.74, 6) is -0.0970. The van der Waals surface area contributed by atoms with Gasteiger partial charge in [-0.1, -0.05) is 36.0 Å². The van der Waals surface area contributed by atoms with Crippen LogP contribution in [0, 0.1) is 6.92 Å². The van der Waals surface area contributed by atoms with E-state index in [-0.39, 0.29) is 11.5 Å². The molecule has 0 radical (unpaired) electrons. The number of benzene rings is 2. The molecule has 0 unspecified atom stereocenters. The fourth-order valence-electron chi connectivity index (χ4n) is 2.65. The van der Waals surface area contributed by atoms with Gasteiger partial charge in [0.1, 0.15) is 5.75 Å². The Balaban J connectivity index is 1.98. The minimum absolute atomic E-state index is 0.00539. The van der Waals surface area contributed by atoms with Gasteiger partial charge >= 0.3 is 6.61 Å². The number of nitrogens with one attached hydrogen (secondary N) is 1. The van der Waals surface area contributed by atoms with Crippen LogP contribution in [-0.2, 0) is 0 Å². The second-order valence-corrected chi connectivity index (χ2v) is 6.61. The average molecular weight is 413 g/mol. The van der Waals surface area contributed by atoms with Crippen LogP contribution in [0.15, 0.2) is 79.1 Å². The number of aromatic nitrogens is 1. The number of hydrogen-bond acceptors (Lipinski definition) is 3. The Morgan fingerprint density at radius 1 is 1.00 bits per heavy atom. The third-order valence-electron chi connectivity index (χ3n) is 4.08. The van der Waals surface area contributed by atoms with Gasteiger partial charge in [-0.15, -0.1) is 0 Å². The first-order valence-electron chi connectivity index (χ1n) is 8.77. The smallest absolute Gasteiger partial charge is 0.387 e. The molecule has 3 rings (SSSR count). The maximum absolute atomic E-state index is 12.4. The first-order valence-corrected chi connectivity index (χ1v) is 9.18. The van der Waals surface area contributed by atoms with E-state index in [4.69, 9.17) is 12.2 Å². The molecule has 2 aromatic carbocycles. The normalized spacial score (nSPS) is 11.7. The van der Waals surface area contributed by atoms with Crippen molar-refractivity contribution in [3.63, 3.8) is 0 Å². The van der Waals surface area contributed by atoms with Gasteiger partial charge in [0.05, 0.1) is 0 Å². The van der Waals surface area contributed by atoms with Crippen molar-refractivity contribution in [2.45, 2.75) is 13.5 Å². The number of hydrogen-bond donors (Lipinski definition) is 2. The van der Waals surface area contributed by atoms with Gasteiger partial charge in [0, 0.05) is 23.4 Å². The summed E-state index contributed by atoms with van der Waals surface area (Å²) < 4.78 is 30.8. The predicted molar refractivity (Wildman–Crippen MR) is 113 cm³/mol. The Hall–Kier alpha value is -3.32. The van der Waals surface area contributed by atoms with Crippen molar-refractivity contribution in [3.8, 4) is 5.75 Å². The van der Waals surface area contributed by atoms with Crippen molar-refractivity contribution in [3.05, 3.63) is 90.3 Å². The van der Waals surface area contributed by atoms with Gasteiger partial charge in [-0.25, -0.2) is 0 Å². The third-order valence-corrected chi connectivity index (χ3v) is 4.37. The number of ether oxygens (including phenoxy) is 1. The molecule has 0 saturated carbocycles. The molecule has 0 aliphatic heterocycles. The lowest BCUT2D eigenvalue weighted by molar-refractivity contribution is -0.575. The lowest BCUT2D eigenvalue weighted by Crippen LogP contribution is -2.38. The van der Waals surface area contributed by atoms with E-state index >= 15 is 0 Å². The Morgan fingerprint density at radius 2 is 1.62 bits per heavy atom. The highest BCUT2D eigenvalue weighted by atomic mass is 32.1. The van der Waals surface area contributed by atoms with Crippen molar-refractivity contribution >= 4 is 34.3 Å². The standard InChI is InChI=1S/C22H18F2N2O2S/c1-15-5-9-17(10-6-15)25-21(29)19(26-13-3-2-4-14-26)20(27)16-7-11-18(12-8-16)28-22(23)24/h2-14,22H,1H3,(H-,25,27,29)/p+1. The number of aliphatic hydroxyl groups is 1. The molecule has 148 valence electrons. The van der Waals surface area contributed by atoms with Crippen LogP contribution in [0.5, 0.6) is 5.75 Å². The Bertz CT molecular complexity index is 1010. The third kappa shape index (κ3) is 5.36. The lowest BCUT2D eigenvalue weighted by atomic mass is 10.1. The number of halogens is 2. The number of pyridine rings is 1. The Morgan fingerprint density at radius 3 is 2.21 bits per heavy atom. The van der Waals surface area contributed by atoms with Crippen LogP contribution in [0.4, 0.5) is 14.5 Å². The highest BCUT2D eigenvalue weighted by Gasteiger charge is 2.23. The molecule has 0 aliphatic rings. The van der Waals surface area contributed by atoms with Gasteiger partial charge in [-0.2, -0.15) is 13.3 Å².